The molecule has 0 spiro atoms. The first-order chi connectivity index (χ1) is 4.34. The maximum atomic E-state index is 10.6. The van der Waals surface area contributed by atoms with Crippen LogP contribution in [0.5, 0.6) is 0 Å². The number of nitrogens with zero attached hydrogens (tertiary/aromatic N) is 1. The number of carbonyl (C=O) groups is 1. The minimum Gasteiger partial charge on any atom is -0.464 e. The van der Waals surface area contributed by atoms with Crippen LogP contribution >= 0.6 is 11.8 Å². The molecular weight excluding hydrogens is 138 g/mol. The Morgan fingerprint density at radius 3 is 3.11 bits per heavy atom. The highest BCUT2D eigenvalue weighted by Gasteiger charge is 2.15. The van der Waals surface area contributed by atoms with Gasteiger partial charge in [-0.1, -0.05) is 11.8 Å². The van der Waals surface area contributed by atoms with Gasteiger partial charge in [-0.3, -0.25) is 4.99 Å². The first kappa shape index (κ1) is 6.61. The summed E-state index contributed by atoms with van der Waals surface area (Å²) in [5.41, 5.74) is 0. The highest BCUT2D eigenvalue weighted by atomic mass is 32.2. The van der Waals surface area contributed by atoms with Gasteiger partial charge in [0.1, 0.15) is 0 Å². The lowest BCUT2D eigenvalue weighted by Gasteiger charge is -1.93. The van der Waals surface area contributed by atoms with Crippen LogP contribution in [0.2, 0.25) is 0 Å². The van der Waals surface area contributed by atoms with Gasteiger partial charge >= 0.3 is 5.97 Å². The van der Waals surface area contributed by atoms with Crippen molar-refractivity contribution in [3.63, 3.8) is 0 Å². The predicted octanol–water partition coefficient (Wildman–Crippen LogP) is 0.305. The monoisotopic (exact) mass is 145 g/mol. The van der Waals surface area contributed by atoms with Gasteiger partial charge in [0.15, 0.2) is 5.04 Å². The highest BCUT2D eigenvalue weighted by molar-refractivity contribution is 8.16. The maximum absolute atomic E-state index is 10.6. The summed E-state index contributed by atoms with van der Waals surface area (Å²) < 4.78 is 4.44. The molecule has 50 valence electrons. The average Bonchev–Trinajstić information content (AvgIpc) is 2.37. The SMILES string of the molecule is COC(=O)C1=NCCS1. The first-order valence-corrected chi connectivity index (χ1v) is 3.58. The third-order valence-corrected chi connectivity index (χ3v) is 1.90. The van der Waals surface area contributed by atoms with Gasteiger partial charge in [0.05, 0.1) is 7.11 Å². The van der Waals surface area contributed by atoms with Crippen molar-refractivity contribution in [2.45, 2.75) is 0 Å². The summed E-state index contributed by atoms with van der Waals surface area (Å²) in [5, 5.41) is 0.512. The Bertz CT molecular complexity index is 155. The van der Waals surface area contributed by atoms with Crippen molar-refractivity contribution < 1.29 is 9.53 Å². The number of ether oxygens (including phenoxy) is 1. The third-order valence-electron chi connectivity index (χ3n) is 0.945. The van der Waals surface area contributed by atoms with Crippen molar-refractivity contribution in [2.75, 3.05) is 19.4 Å². The van der Waals surface area contributed by atoms with Crippen LogP contribution in [-0.2, 0) is 9.53 Å². The van der Waals surface area contributed by atoms with E-state index in [1.54, 1.807) is 0 Å². The average molecular weight is 145 g/mol. The lowest BCUT2D eigenvalue weighted by molar-refractivity contribution is -0.132. The number of methoxy groups -OCH3 is 1. The zero-order valence-electron chi connectivity index (χ0n) is 5.09. The van der Waals surface area contributed by atoms with Crippen LogP contribution < -0.4 is 0 Å². The molecular formula is C5H7NO2S. The molecule has 9 heavy (non-hydrogen) atoms. The molecule has 0 saturated carbocycles. The summed E-state index contributed by atoms with van der Waals surface area (Å²) in [5.74, 6) is 0.599. The van der Waals surface area contributed by atoms with Gasteiger partial charge in [0.2, 0.25) is 0 Å². The van der Waals surface area contributed by atoms with E-state index in [-0.39, 0.29) is 5.97 Å². The summed E-state index contributed by atoms with van der Waals surface area (Å²) in [7, 11) is 1.36. The summed E-state index contributed by atoms with van der Waals surface area (Å²) in [6.07, 6.45) is 0. The molecule has 0 atom stereocenters. The van der Waals surface area contributed by atoms with Crippen LogP contribution in [0.25, 0.3) is 0 Å². The summed E-state index contributed by atoms with van der Waals surface area (Å²) in [6, 6.07) is 0. The van der Waals surface area contributed by atoms with Gasteiger partial charge in [-0.25, -0.2) is 4.79 Å². The minimum atomic E-state index is -0.308. The van der Waals surface area contributed by atoms with E-state index >= 15 is 0 Å². The van der Waals surface area contributed by atoms with E-state index in [0.29, 0.717) is 5.04 Å². The second-order valence-corrected chi connectivity index (χ2v) is 2.61. The molecule has 1 rings (SSSR count). The van der Waals surface area contributed by atoms with E-state index in [0.717, 1.165) is 12.3 Å². The van der Waals surface area contributed by atoms with Gasteiger partial charge in [0, 0.05) is 12.3 Å². The molecule has 1 aliphatic rings. The van der Waals surface area contributed by atoms with Crippen molar-refractivity contribution in [3.8, 4) is 0 Å². The number of hydrogen-bond acceptors (Lipinski definition) is 4. The number of carbonyl (C=O) groups excluding carboxylic acids is 1. The van der Waals surface area contributed by atoms with Crippen LogP contribution in [0, 0.1) is 0 Å². The van der Waals surface area contributed by atoms with Crippen molar-refractivity contribution >= 4 is 22.8 Å². The molecule has 0 aromatic carbocycles. The summed E-state index contributed by atoms with van der Waals surface area (Å²) in [4.78, 5) is 14.6. The Balaban J connectivity index is 2.51. The molecule has 3 nitrogen and oxygen atoms in total. The molecule has 1 aliphatic heterocycles. The van der Waals surface area contributed by atoms with Gasteiger partial charge in [0.25, 0.3) is 0 Å². The molecule has 4 heteroatoms. The second-order valence-electron chi connectivity index (χ2n) is 1.53. The summed E-state index contributed by atoms with van der Waals surface area (Å²) in [6.45, 7) is 0.745. The molecule has 0 radical (unpaired) electrons. The number of hydrogen-bond donors (Lipinski definition) is 0. The lowest BCUT2D eigenvalue weighted by atomic mass is 10.7. The van der Waals surface area contributed by atoms with Crippen LogP contribution in [0.3, 0.4) is 0 Å². The fourth-order valence-corrected chi connectivity index (χ4v) is 1.31. The number of thioether (sulfide) groups is 1. The van der Waals surface area contributed by atoms with Gasteiger partial charge in [-0.05, 0) is 0 Å². The Hall–Kier alpha value is -0.510. The quantitative estimate of drug-likeness (QED) is 0.498. The minimum absolute atomic E-state index is 0.308. The molecule has 0 aromatic heterocycles. The molecule has 0 saturated heterocycles. The van der Waals surface area contributed by atoms with Crippen LogP contribution in [0.15, 0.2) is 4.99 Å². The van der Waals surface area contributed by atoms with Gasteiger partial charge in [-0.2, -0.15) is 0 Å². The zero-order chi connectivity index (χ0) is 6.69. The van der Waals surface area contributed by atoms with E-state index in [1.807, 2.05) is 0 Å². The Morgan fingerprint density at radius 2 is 2.67 bits per heavy atom. The summed E-state index contributed by atoms with van der Waals surface area (Å²) >= 11 is 1.45. The molecule has 0 N–H and O–H groups in total. The lowest BCUT2D eigenvalue weighted by Crippen LogP contribution is -2.09. The highest BCUT2D eigenvalue weighted by Crippen LogP contribution is 2.11. The van der Waals surface area contributed by atoms with Crippen LogP contribution in [0.1, 0.15) is 0 Å². The topological polar surface area (TPSA) is 38.7 Å². The standard InChI is InChI=1S/C5H7NO2S/c1-8-5(7)4-6-2-3-9-4/h2-3H2,1H3. The van der Waals surface area contributed by atoms with Crippen molar-refractivity contribution in [3.05, 3.63) is 0 Å². The maximum Gasteiger partial charge on any atom is 0.362 e. The fourth-order valence-electron chi connectivity index (χ4n) is 0.546. The predicted molar refractivity (Wildman–Crippen MR) is 36.8 cm³/mol. The van der Waals surface area contributed by atoms with Crippen LogP contribution in [-0.4, -0.2) is 30.4 Å². The molecule has 0 bridgehead atoms. The van der Waals surface area contributed by atoms with E-state index in [1.165, 1.54) is 18.9 Å². The van der Waals surface area contributed by atoms with Crippen molar-refractivity contribution in [1.82, 2.24) is 0 Å². The third kappa shape index (κ3) is 1.45. The number of esters is 1. The smallest absolute Gasteiger partial charge is 0.362 e. The Morgan fingerprint density at radius 1 is 1.89 bits per heavy atom. The van der Waals surface area contributed by atoms with Crippen molar-refractivity contribution in [1.29, 1.82) is 0 Å². The van der Waals surface area contributed by atoms with E-state index in [4.69, 9.17) is 0 Å². The molecule has 0 fully saturated rings. The Labute approximate surface area is 57.5 Å². The van der Waals surface area contributed by atoms with E-state index < -0.39 is 0 Å². The molecule has 0 unspecified atom stereocenters. The van der Waals surface area contributed by atoms with Gasteiger partial charge in [-0.15, -0.1) is 0 Å². The molecule has 0 aliphatic carbocycles. The van der Waals surface area contributed by atoms with Crippen molar-refractivity contribution in [2.24, 2.45) is 4.99 Å². The molecule has 0 amide bonds. The number of rotatable bonds is 1. The van der Waals surface area contributed by atoms with Gasteiger partial charge < -0.3 is 4.74 Å². The largest absolute Gasteiger partial charge is 0.464 e. The Kier molecular flexibility index (Phi) is 2.10. The second kappa shape index (κ2) is 2.87. The fraction of sp³-hybridized carbons (Fsp3) is 0.600. The zero-order valence-corrected chi connectivity index (χ0v) is 5.90. The molecule has 0 aromatic rings. The van der Waals surface area contributed by atoms with Crippen LogP contribution in [0.4, 0.5) is 0 Å². The molecule has 1 heterocycles. The van der Waals surface area contributed by atoms with E-state index in [9.17, 15) is 4.79 Å². The van der Waals surface area contributed by atoms with E-state index in [2.05, 4.69) is 9.73 Å². The first-order valence-electron chi connectivity index (χ1n) is 2.60. The number of aliphatic imine (C=N–C) groups is 1. The normalized spacial score (nSPS) is 17.2.